The highest BCUT2D eigenvalue weighted by molar-refractivity contribution is 5.36. The average Bonchev–Trinajstić information content (AvgIpc) is 2.30. The van der Waals surface area contributed by atoms with Crippen molar-refractivity contribution in [1.82, 2.24) is 0 Å². The van der Waals surface area contributed by atoms with E-state index in [4.69, 9.17) is 0 Å². The van der Waals surface area contributed by atoms with Gasteiger partial charge in [-0.2, -0.15) is 0 Å². The molecular weight excluding hydrogens is 196 g/mol. The number of hydrogen-bond donors (Lipinski definition) is 1. The molecule has 1 aromatic rings. The third-order valence-corrected chi connectivity index (χ3v) is 3.81. The van der Waals surface area contributed by atoms with Gasteiger partial charge in [0, 0.05) is 5.41 Å². The number of allylic oxidation sites excluding steroid dienone is 2. The monoisotopic (exact) mass is 216 g/mol. The Balaban J connectivity index is 2.43. The Bertz CT molecular complexity index is 375. The topological polar surface area (TPSA) is 20.2 Å². The Kier molecular flexibility index (Phi) is 3.04. The maximum Gasteiger partial charge on any atom is 0.115 e. The number of phenolic OH excluding ortho intramolecular Hbond substituents is 1. The Morgan fingerprint density at radius 1 is 1.19 bits per heavy atom. The van der Waals surface area contributed by atoms with Crippen LogP contribution in [0.15, 0.2) is 36.4 Å². The number of rotatable bonds is 2. The van der Waals surface area contributed by atoms with E-state index < -0.39 is 0 Å². The van der Waals surface area contributed by atoms with E-state index in [2.05, 4.69) is 38.1 Å². The summed E-state index contributed by atoms with van der Waals surface area (Å²) in [7, 11) is 0. The van der Waals surface area contributed by atoms with E-state index in [1.165, 1.54) is 24.8 Å². The first-order valence-corrected chi connectivity index (χ1v) is 6.12. The molecule has 1 aliphatic carbocycles. The minimum atomic E-state index is 0.173. The van der Waals surface area contributed by atoms with E-state index in [1.807, 2.05) is 0 Å². The number of hydrogen-bond acceptors (Lipinski definition) is 1. The summed E-state index contributed by atoms with van der Waals surface area (Å²) in [5.74, 6) is 0.941. The summed E-state index contributed by atoms with van der Waals surface area (Å²) in [4.78, 5) is 0. The van der Waals surface area contributed by atoms with Gasteiger partial charge >= 0.3 is 0 Å². The molecule has 0 saturated heterocycles. The Morgan fingerprint density at radius 3 is 2.38 bits per heavy atom. The van der Waals surface area contributed by atoms with Crippen molar-refractivity contribution in [3.8, 4) is 5.75 Å². The quantitative estimate of drug-likeness (QED) is 0.740. The highest BCUT2D eigenvalue weighted by Gasteiger charge is 2.33. The summed E-state index contributed by atoms with van der Waals surface area (Å²) in [5.41, 5.74) is 1.50. The van der Waals surface area contributed by atoms with Crippen molar-refractivity contribution in [1.29, 1.82) is 0 Å². The summed E-state index contributed by atoms with van der Waals surface area (Å²) in [6.45, 7) is 4.56. The second-order valence-corrected chi connectivity index (χ2v) is 5.04. The van der Waals surface area contributed by atoms with Gasteiger partial charge in [0.25, 0.3) is 0 Å². The fraction of sp³-hybridized carbons (Fsp3) is 0.467. The Morgan fingerprint density at radius 2 is 1.88 bits per heavy atom. The van der Waals surface area contributed by atoms with Crippen LogP contribution in [0.1, 0.15) is 38.7 Å². The van der Waals surface area contributed by atoms with Crippen LogP contribution in [0.25, 0.3) is 0 Å². The molecule has 2 rings (SSSR count). The van der Waals surface area contributed by atoms with Gasteiger partial charge in [-0.3, -0.25) is 0 Å². The van der Waals surface area contributed by atoms with Crippen molar-refractivity contribution in [3.63, 3.8) is 0 Å². The first-order chi connectivity index (χ1) is 7.65. The summed E-state index contributed by atoms with van der Waals surface area (Å²) < 4.78 is 0. The Hall–Kier alpha value is -1.24. The zero-order valence-electron chi connectivity index (χ0n) is 10.1. The zero-order chi connectivity index (χ0) is 11.6. The molecule has 0 fully saturated rings. The van der Waals surface area contributed by atoms with Crippen molar-refractivity contribution in [2.75, 3.05) is 0 Å². The molecule has 1 nitrogen and oxygen atoms in total. The van der Waals surface area contributed by atoms with E-state index in [-0.39, 0.29) is 5.41 Å². The average molecular weight is 216 g/mol. The van der Waals surface area contributed by atoms with Crippen molar-refractivity contribution >= 4 is 0 Å². The van der Waals surface area contributed by atoms with Crippen LogP contribution >= 0.6 is 0 Å². The molecule has 16 heavy (non-hydrogen) atoms. The standard InChI is InChI=1S/C15H20O/c1-12(2)15(10-4-3-5-11-15)13-6-8-14(16)9-7-13/h4,6-10,12,16H,3,5,11H2,1-2H3. The lowest BCUT2D eigenvalue weighted by Gasteiger charge is -2.38. The molecule has 0 saturated carbocycles. The Labute approximate surface area is 97.8 Å². The first kappa shape index (κ1) is 11.3. The van der Waals surface area contributed by atoms with Crippen molar-refractivity contribution in [2.24, 2.45) is 5.92 Å². The molecule has 0 amide bonds. The van der Waals surface area contributed by atoms with Crippen LogP contribution in [-0.4, -0.2) is 5.11 Å². The van der Waals surface area contributed by atoms with Gasteiger partial charge in [0.15, 0.2) is 0 Å². The SMILES string of the molecule is CC(C)C1(c2ccc(O)cc2)C=CCCC1. The van der Waals surface area contributed by atoms with E-state index >= 15 is 0 Å². The summed E-state index contributed by atoms with van der Waals surface area (Å²) in [6.07, 6.45) is 8.35. The van der Waals surface area contributed by atoms with Crippen molar-refractivity contribution in [3.05, 3.63) is 42.0 Å². The van der Waals surface area contributed by atoms with Crippen LogP contribution < -0.4 is 0 Å². The van der Waals surface area contributed by atoms with E-state index in [1.54, 1.807) is 12.1 Å². The van der Waals surface area contributed by atoms with Crippen molar-refractivity contribution in [2.45, 2.75) is 38.5 Å². The second-order valence-electron chi connectivity index (χ2n) is 5.04. The van der Waals surface area contributed by atoms with E-state index in [0.717, 1.165) is 0 Å². The number of phenols is 1. The van der Waals surface area contributed by atoms with E-state index in [0.29, 0.717) is 11.7 Å². The van der Waals surface area contributed by atoms with Gasteiger partial charge in [0.2, 0.25) is 0 Å². The lowest BCUT2D eigenvalue weighted by Crippen LogP contribution is -2.31. The molecule has 0 aliphatic heterocycles. The molecule has 1 N–H and O–H groups in total. The van der Waals surface area contributed by atoms with Gasteiger partial charge in [-0.05, 0) is 42.9 Å². The molecule has 1 atom stereocenters. The predicted molar refractivity (Wildman–Crippen MR) is 67.6 cm³/mol. The number of aromatic hydroxyl groups is 1. The van der Waals surface area contributed by atoms with Gasteiger partial charge < -0.3 is 5.11 Å². The molecule has 1 unspecified atom stereocenters. The minimum absolute atomic E-state index is 0.173. The minimum Gasteiger partial charge on any atom is -0.508 e. The number of benzene rings is 1. The summed E-state index contributed by atoms with van der Waals surface area (Å²) >= 11 is 0. The van der Waals surface area contributed by atoms with Crippen LogP contribution in [-0.2, 0) is 5.41 Å². The lowest BCUT2D eigenvalue weighted by molar-refractivity contribution is 0.338. The molecule has 1 heteroatoms. The van der Waals surface area contributed by atoms with Crippen LogP contribution in [0.3, 0.4) is 0 Å². The molecule has 1 aromatic carbocycles. The van der Waals surface area contributed by atoms with Gasteiger partial charge in [-0.1, -0.05) is 38.1 Å². The molecular formula is C15H20O. The molecule has 1 aliphatic rings. The van der Waals surface area contributed by atoms with E-state index in [9.17, 15) is 5.11 Å². The summed E-state index contributed by atoms with van der Waals surface area (Å²) in [5, 5.41) is 9.36. The van der Waals surface area contributed by atoms with Crippen molar-refractivity contribution < 1.29 is 5.11 Å². The highest BCUT2D eigenvalue weighted by Crippen LogP contribution is 2.41. The molecule has 0 heterocycles. The maximum absolute atomic E-state index is 9.36. The first-order valence-electron chi connectivity index (χ1n) is 6.12. The largest absolute Gasteiger partial charge is 0.508 e. The molecule has 0 aromatic heterocycles. The molecule has 0 bridgehead atoms. The molecule has 0 radical (unpaired) electrons. The van der Waals surface area contributed by atoms with Crippen LogP contribution in [0, 0.1) is 5.92 Å². The van der Waals surface area contributed by atoms with Crippen LogP contribution in [0.2, 0.25) is 0 Å². The van der Waals surface area contributed by atoms with Gasteiger partial charge in [0.1, 0.15) is 5.75 Å². The van der Waals surface area contributed by atoms with Crippen LogP contribution in [0.4, 0.5) is 0 Å². The molecule has 86 valence electrons. The fourth-order valence-corrected chi connectivity index (χ4v) is 2.72. The van der Waals surface area contributed by atoms with Crippen LogP contribution in [0.5, 0.6) is 5.75 Å². The normalized spacial score (nSPS) is 24.9. The third-order valence-electron chi connectivity index (χ3n) is 3.81. The second kappa shape index (κ2) is 4.32. The van der Waals surface area contributed by atoms with Gasteiger partial charge in [-0.15, -0.1) is 0 Å². The highest BCUT2D eigenvalue weighted by atomic mass is 16.3. The predicted octanol–water partition coefficient (Wildman–Crippen LogP) is 4.03. The lowest BCUT2D eigenvalue weighted by atomic mass is 9.66. The smallest absolute Gasteiger partial charge is 0.115 e. The fourth-order valence-electron chi connectivity index (χ4n) is 2.72. The van der Waals surface area contributed by atoms with Gasteiger partial charge in [-0.25, -0.2) is 0 Å². The summed E-state index contributed by atoms with van der Waals surface area (Å²) in [6, 6.07) is 7.71. The maximum atomic E-state index is 9.36. The zero-order valence-corrected chi connectivity index (χ0v) is 10.1. The van der Waals surface area contributed by atoms with Gasteiger partial charge in [0.05, 0.1) is 0 Å². The third kappa shape index (κ3) is 1.87. The molecule has 0 spiro atoms.